The smallest absolute Gasteiger partial charge is 0.274 e. The van der Waals surface area contributed by atoms with Crippen LogP contribution in [0.1, 0.15) is 18.4 Å². The third-order valence-corrected chi connectivity index (χ3v) is 5.19. The molecule has 1 aromatic carbocycles. The molecule has 4 aliphatic rings. The number of nitrogens with zero attached hydrogens (tertiary/aromatic N) is 1. The van der Waals surface area contributed by atoms with Gasteiger partial charge in [0.05, 0.1) is 23.1 Å². The van der Waals surface area contributed by atoms with E-state index in [1.807, 2.05) is 12.2 Å². The van der Waals surface area contributed by atoms with Gasteiger partial charge in [0.25, 0.3) is 0 Å². The first-order chi connectivity index (χ1) is 10.9. The molecular weight excluding hydrogens is 307 g/mol. The van der Waals surface area contributed by atoms with E-state index in [0.717, 1.165) is 29.9 Å². The number of imide groups is 1. The number of carbonyl (C=O) groups is 2. The number of hydrogen-bond acceptors (Lipinski definition) is 2. The molecule has 1 saturated carbocycles. The summed E-state index contributed by atoms with van der Waals surface area (Å²) < 4.78 is 38.6. The van der Waals surface area contributed by atoms with Crippen LogP contribution in [0, 0.1) is 23.7 Å². The van der Waals surface area contributed by atoms with E-state index in [9.17, 15) is 22.8 Å². The highest BCUT2D eigenvalue weighted by molar-refractivity contribution is 6.22. The molecule has 1 heterocycles. The fraction of sp³-hybridized carbons (Fsp3) is 0.412. The van der Waals surface area contributed by atoms with Crippen LogP contribution in [0.15, 0.2) is 36.4 Å². The van der Waals surface area contributed by atoms with Gasteiger partial charge in [0.1, 0.15) is 0 Å². The molecule has 1 aromatic rings. The predicted molar refractivity (Wildman–Crippen MR) is 76.3 cm³/mol. The van der Waals surface area contributed by atoms with Gasteiger partial charge in [-0.1, -0.05) is 18.2 Å². The van der Waals surface area contributed by atoms with Crippen molar-refractivity contribution in [3.63, 3.8) is 0 Å². The number of rotatable bonds is 1. The van der Waals surface area contributed by atoms with Crippen LogP contribution in [0.3, 0.4) is 0 Å². The molecule has 4 atom stereocenters. The van der Waals surface area contributed by atoms with Gasteiger partial charge in [-0.3, -0.25) is 14.5 Å². The van der Waals surface area contributed by atoms with E-state index < -0.39 is 23.6 Å². The van der Waals surface area contributed by atoms with Crippen molar-refractivity contribution in [2.45, 2.75) is 19.0 Å². The minimum absolute atomic E-state index is 0.0172. The van der Waals surface area contributed by atoms with Gasteiger partial charge in [-0.15, -0.1) is 0 Å². The second kappa shape index (κ2) is 4.69. The Hall–Kier alpha value is -2.11. The van der Waals surface area contributed by atoms with Crippen molar-refractivity contribution in [2.24, 2.45) is 23.7 Å². The standard InChI is InChI=1S/C17H14F3NO2/c18-17(19,20)11-2-1-3-12(8-11)21-15(22)13-9-4-5-10(7-6-9)14(13)16(21)23/h1-5,8-10,13-14H,6-7H2/t9-,10+,13-,14-/m0/s1. The van der Waals surface area contributed by atoms with Crippen LogP contribution >= 0.6 is 0 Å². The zero-order valence-corrected chi connectivity index (χ0v) is 12.1. The topological polar surface area (TPSA) is 37.4 Å². The number of anilines is 1. The Morgan fingerprint density at radius 3 is 2.00 bits per heavy atom. The van der Waals surface area contributed by atoms with Gasteiger partial charge in [0, 0.05) is 0 Å². The molecular formula is C17H14F3NO2. The molecule has 0 spiro atoms. The van der Waals surface area contributed by atoms with Crippen LogP contribution in [0.2, 0.25) is 0 Å². The molecule has 2 amide bonds. The number of carbonyl (C=O) groups excluding carboxylic acids is 2. The maximum atomic E-state index is 12.9. The minimum atomic E-state index is -4.50. The molecule has 23 heavy (non-hydrogen) atoms. The summed E-state index contributed by atoms with van der Waals surface area (Å²) >= 11 is 0. The summed E-state index contributed by atoms with van der Waals surface area (Å²) in [4.78, 5) is 26.3. The zero-order valence-electron chi connectivity index (χ0n) is 12.1. The number of halogens is 3. The second-order valence-electron chi connectivity index (χ2n) is 6.40. The van der Waals surface area contributed by atoms with Crippen molar-refractivity contribution in [1.29, 1.82) is 0 Å². The molecule has 0 aromatic heterocycles. The lowest BCUT2D eigenvalue weighted by atomic mass is 9.63. The molecule has 3 nitrogen and oxygen atoms in total. The number of hydrogen-bond donors (Lipinski definition) is 0. The van der Waals surface area contributed by atoms with E-state index in [2.05, 4.69) is 0 Å². The molecule has 1 saturated heterocycles. The second-order valence-corrected chi connectivity index (χ2v) is 6.40. The van der Waals surface area contributed by atoms with Gasteiger partial charge in [-0.05, 0) is 42.9 Å². The molecule has 5 rings (SSSR count). The summed E-state index contributed by atoms with van der Waals surface area (Å²) in [7, 11) is 0. The highest BCUT2D eigenvalue weighted by Crippen LogP contribution is 2.50. The summed E-state index contributed by atoms with van der Waals surface area (Å²) in [5, 5.41) is 0. The van der Waals surface area contributed by atoms with Gasteiger partial charge < -0.3 is 0 Å². The summed E-state index contributed by atoms with van der Waals surface area (Å²) in [6.07, 6.45) is 1.18. The van der Waals surface area contributed by atoms with Gasteiger partial charge in [0.15, 0.2) is 0 Å². The van der Waals surface area contributed by atoms with Crippen LogP contribution in [-0.2, 0) is 15.8 Å². The van der Waals surface area contributed by atoms with Gasteiger partial charge in [-0.25, -0.2) is 0 Å². The summed E-state index contributed by atoms with van der Waals surface area (Å²) in [6, 6.07) is 4.43. The van der Waals surface area contributed by atoms with Gasteiger partial charge >= 0.3 is 6.18 Å². The average molecular weight is 321 g/mol. The third-order valence-electron chi connectivity index (χ3n) is 5.19. The Kier molecular flexibility index (Phi) is 2.95. The van der Waals surface area contributed by atoms with E-state index in [-0.39, 0.29) is 29.3 Å². The van der Waals surface area contributed by atoms with E-state index in [1.165, 1.54) is 12.1 Å². The molecule has 0 N–H and O–H groups in total. The first-order valence-electron chi connectivity index (χ1n) is 7.61. The van der Waals surface area contributed by atoms with Crippen molar-refractivity contribution in [3.8, 4) is 0 Å². The Balaban J connectivity index is 1.74. The summed E-state index contributed by atoms with van der Waals surface area (Å²) in [5.74, 6) is -1.51. The van der Waals surface area contributed by atoms with Crippen molar-refractivity contribution in [3.05, 3.63) is 42.0 Å². The number of fused-ring (bicyclic) bond motifs is 1. The molecule has 2 fully saturated rings. The lowest BCUT2D eigenvalue weighted by molar-refractivity contribution is -0.137. The lowest BCUT2D eigenvalue weighted by Crippen LogP contribution is -2.38. The number of benzene rings is 1. The summed E-state index contributed by atoms with van der Waals surface area (Å²) in [6.45, 7) is 0. The van der Waals surface area contributed by atoms with E-state index in [0.29, 0.717) is 0 Å². The number of allylic oxidation sites excluding steroid dienone is 2. The molecule has 120 valence electrons. The normalized spacial score (nSPS) is 32.6. The fourth-order valence-electron chi connectivity index (χ4n) is 4.15. The molecule has 1 aliphatic heterocycles. The Bertz CT molecular complexity index is 693. The van der Waals surface area contributed by atoms with Crippen LogP contribution in [0.5, 0.6) is 0 Å². The quantitative estimate of drug-likeness (QED) is 0.587. The van der Waals surface area contributed by atoms with Crippen LogP contribution in [0.25, 0.3) is 0 Å². The molecule has 0 unspecified atom stereocenters. The summed E-state index contributed by atoms with van der Waals surface area (Å²) in [5.41, 5.74) is -0.838. The SMILES string of the molecule is O=C1[C@@H]2[C@@H](C(=O)N1c1cccc(C(F)(F)F)c1)[C@H]1C=C[C@@H]2CC1. The minimum Gasteiger partial charge on any atom is -0.274 e. The van der Waals surface area contributed by atoms with E-state index >= 15 is 0 Å². The fourth-order valence-corrected chi connectivity index (χ4v) is 4.15. The third kappa shape index (κ3) is 2.04. The van der Waals surface area contributed by atoms with Crippen molar-refractivity contribution in [2.75, 3.05) is 4.90 Å². The van der Waals surface area contributed by atoms with Gasteiger partial charge in [0.2, 0.25) is 11.8 Å². The number of amides is 2. The highest BCUT2D eigenvalue weighted by Gasteiger charge is 2.56. The Morgan fingerprint density at radius 1 is 0.957 bits per heavy atom. The lowest BCUT2D eigenvalue weighted by Gasteiger charge is -2.38. The Morgan fingerprint density at radius 2 is 1.52 bits per heavy atom. The molecule has 6 heteroatoms. The highest BCUT2D eigenvalue weighted by atomic mass is 19.4. The maximum Gasteiger partial charge on any atom is 0.416 e. The number of alkyl halides is 3. The van der Waals surface area contributed by atoms with E-state index in [1.54, 1.807) is 0 Å². The Labute approximate surface area is 130 Å². The first-order valence-corrected chi connectivity index (χ1v) is 7.61. The largest absolute Gasteiger partial charge is 0.416 e. The van der Waals surface area contributed by atoms with Crippen molar-refractivity contribution >= 4 is 17.5 Å². The van der Waals surface area contributed by atoms with Crippen molar-refractivity contribution < 1.29 is 22.8 Å². The van der Waals surface area contributed by atoms with Crippen molar-refractivity contribution in [1.82, 2.24) is 0 Å². The maximum absolute atomic E-state index is 12.9. The predicted octanol–water partition coefficient (Wildman–Crippen LogP) is 3.41. The van der Waals surface area contributed by atoms with Gasteiger partial charge in [-0.2, -0.15) is 13.2 Å². The van der Waals surface area contributed by atoms with Crippen LogP contribution < -0.4 is 4.90 Å². The average Bonchev–Trinajstić information content (AvgIpc) is 2.81. The zero-order chi connectivity index (χ0) is 16.4. The van der Waals surface area contributed by atoms with E-state index in [4.69, 9.17) is 0 Å². The van der Waals surface area contributed by atoms with Crippen LogP contribution in [0.4, 0.5) is 18.9 Å². The first kappa shape index (κ1) is 14.5. The monoisotopic (exact) mass is 321 g/mol. The molecule has 0 radical (unpaired) electrons. The molecule has 3 aliphatic carbocycles. The van der Waals surface area contributed by atoms with Crippen LogP contribution in [-0.4, -0.2) is 11.8 Å². The molecule has 2 bridgehead atoms.